The van der Waals surface area contributed by atoms with Crippen LogP contribution in [0.15, 0.2) is 54.6 Å². The molecule has 3 aromatic rings. The standard InChI is InChI=1S/C29H31NO7/c1-32-23-10-8-7-9-21(23)13-14-27(31)30-22-15-19(16-24(33-2)28(22)36-5)11-12-20-17-25(34-3)29(37-6)26(18-20)35-4/h7-18H,1-6H3,(H,30,31)/b12-11?,14-13+. The minimum atomic E-state index is -0.336. The molecule has 8 nitrogen and oxygen atoms in total. The second-order valence-corrected chi connectivity index (χ2v) is 7.66. The molecular formula is C29H31NO7. The van der Waals surface area contributed by atoms with Gasteiger partial charge in [0.15, 0.2) is 23.0 Å². The molecule has 8 heteroatoms. The van der Waals surface area contributed by atoms with Crippen molar-refractivity contribution in [3.63, 3.8) is 0 Å². The summed E-state index contributed by atoms with van der Waals surface area (Å²) in [4.78, 5) is 12.8. The van der Waals surface area contributed by atoms with Crippen molar-refractivity contribution in [1.29, 1.82) is 0 Å². The Balaban J connectivity index is 1.91. The van der Waals surface area contributed by atoms with Crippen LogP contribution in [0, 0.1) is 0 Å². The molecule has 0 saturated carbocycles. The number of rotatable bonds is 11. The summed E-state index contributed by atoms with van der Waals surface area (Å²) in [5.41, 5.74) is 2.85. The molecule has 0 saturated heterocycles. The van der Waals surface area contributed by atoms with Gasteiger partial charge in [-0.3, -0.25) is 4.79 Å². The summed E-state index contributed by atoms with van der Waals surface area (Å²) in [7, 11) is 9.33. The molecule has 0 atom stereocenters. The first-order valence-electron chi connectivity index (χ1n) is 11.3. The van der Waals surface area contributed by atoms with Gasteiger partial charge in [-0.1, -0.05) is 30.4 Å². The molecule has 0 aliphatic heterocycles. The summed E-state index contributed by atoms with van der Waals surface area (Å²) in [6.07, 6.45) is 6.89. The topological polar surface area (TPSA) is 84.5 Å². The molecule has 0 fully saturated rings. The summed E-state index contributed by atoms with van der Waals surface area (Å²) in [6.45, 7) is 0. The van der Waals surface area contributed by atoms with Gasteiger partial charge in [0.05, 0.1) is 48.3 Å². The van der Waals surface area contributed by atoms with Gasteiger partial charge in [0.1, 0.15) is 5.75 Å². The van der Waals surface area contributed by atoms with Crippen molar-refractivity contribution in [3.8, 4) is 34.5 Å². The number of hydrogen-bond acceptors (Lipinski definition) is 7. The fourth-order valence-corrected chi connectivity index (χ4v) is 3.71. The van der Waals surface area contributed by atoms with Crippen LogP contribution in [0.3, 0.4) is 0 Å². The van der Waals surface area contributed by atoms with Crippen molar-refractivity contribution >= 4 is 29.8 Å². The fraction of sp³-hybridized carbons (Fsp3) is 0.207. The third-order valence-corrected chi connectivity index (χ3v) is 5.47. The largest absolute Gasteiger partial charge is 0.496 e. The molecule has 0 spiro atoms. The van der Waals surface area contributed by atoms with Crippen LogP contribution in [-0.4, -0.2) is 48.6 Å². The van der Waals surface area contributed by atoms with E-state index in [1.165, 1.54) is 20.3 Å². The Kier molecular flexibility index (Phi) is 9.43. The molecule has 3 aromatic carbocycles. The van der Waals surface area contributed by atoms with Crippen LogP contribution in [-0.2, 0) is 4.79 Å². The number of amides is 1. The molecule has 0 aliphatic rings. The Labute approximate surface area is 217 Å². The maximum absolute atomic E-state index is 12.8. The number of methoxy groups -OCH3 is 6. The summed E-state index contributed by atoms with van der Waals surface area (Å²) in [5, 5.41) is 2.87. The molecule has 0 aliphatic carbocycles. The molecule has 0 unspecified atom stereocenters. The third kappa shape index (κ3) is 6.55. The summed E-state index contributed by atoms with van der Waals surface area (Å²) < 4.78 is 32.6. The highest BCUT2D eigenvalue weighted by Crippen LogP contribution is 2.40. The molecule has 0 aromatic heterocycles. The van der Waals surface area contributed by atoms with Crippen molar-refractivity contribution in [2.24, 2.45) is 0 Å². The van der Waals surface area contributed by atoms with Crippen LogP contribution in [0.25, 0.3) is 18.2 Å². The second kappa shape index (κ2) is 12.9. The number of para-hydroxylation sites is 1. The zero-order chi connectivity index (χ0) is 26.8. The van der Waals surface area contributed by atoms with Crippen LogP contribution in [0.5, 0.6) is 34.5 Å². The van der Waals surface area contributed by atoms with E-state index in [1.54, 1.807) is 40.6 Å². The average molecular weight is 506 g/mol. The van der Waals surface area contributed by atoms with E-state index >= 15 is 0 Å². The first-order chi connectivity index (χ1) is 18.0. The van der Waals surface area contributed by atoms with E-state index in [2.05, 4.69) is 5.32 Å². The van der Waals surface area contributed by atoms with E-state index < -0.39 is 0 Å². The maximum atomic E-state index is 12.8. The average Bonchev–Trinajstić information content (AvgIpc) is 2.93. The van der Waals surface area contributed by atoms with Crippen LogP contribution < -0.4 is 33.7 Å². The first kappa shape index (κ1) is 27.0. The van der Waals surface area contributed by atoms with Gasteiger partial charge in [-0.05, 0) is 47.5 Å². The highest BCUT2D eigenvalue weighted by Gasteiger charge is 2.15. The van der Waals surface area contributed by atoms with Gasteiger partial charge in [-0.25, -0.2) is 0 Å². The molecule has 194 valence electrons. The van der Waals surface area contributed by atoms with Gasteiger partial charge in [-0.15, -0.1) is 0 Å². The number of ether oxygens (including phenoxy) is 6. The molecule has 37 heavy (non-hydrogen) atoms. The molecule has 1 amide bonds. The van der Waals surface area contributed by atoms with Crippen molar-refractivity contribution in [2.75, 3.05) is 48.0 Å². The van der Waals surface area contributed by atoms with Gasteiger partial charge < -0.3 is 33.7 Å². The summed E-state index contributed by atoms with van der Waals surface area (Å²) in [6, 6.07) is 14.7. The number of carbonyl (C=O) groups excluding carboxylic acids is 1. The lowest BCUT2D eigenvalue weighted by Crippen LogP contribution is -2.09. The number of hydrogen-bond donors (Lipinski definition) is 1. The minimum Gasteiger partial charge on any atom is -0.496 e. The van der Waals surface area contributed by atoms with Crippen LogP contribution in [0.2, 0.25) is 0 Å². The van der Waals surface area contributed by atoms with Gasteiger partial charge in [0, 0.05) is 11.6 Å². The first-order valence-corrected chi connectivity index (χ1v) is 11.3. The van der Waals surface area contributed by atoms with E-state index in [4.69, 9.17) is 28.4 Å². The van der Waals surface area contributed by atoms with Crippen LogP contribution >= 0.6 is 0 Å². The van der Waals surface area contributed by atoms with Crippen molar-refractivity contribution in [2.45, 2.75) is 0 Å². The van der Waals surface area contributed by atoms with Gasteiger partial charge in [-0.2, -0.15) is 0 Å². The van der Waals surface area contributed by atoms with E-state index in [0.29, 0.717) is 40.2 Å². The lowest BCUT2D eigenvalue weighted by atomic mass is 10.1. The lowest BCUT2D eigenvalue weighted by molar-refractivity contribution is -0.111. The highest BCUT2D eigenvalue weighted by atomic mass is 16.5. The fourth-order valence-electron chi connectivity index (χ4n) is 3.71. The van der Waals surface area contributed by atoms with Crippen LogP contribution in [0.1, 0.15) is 16.7 Å². The normalized spacial score (nSPS) is 10.9. The lowest BCUT2D eigenvalue weighted by Gasteiger charge is -2.15. The molecular weight excluding hydrogens is 474 g/mol. The molecule has 0 heterocycles. The number of nitrogens with one attached hydrogen (secondary N) is 1. The second-order valence-electron chi connectivity index (χ2n) is 7.66. The Hall–Kier alpha value is -4.59. The SMILES string of the molecule is COc1ccccc1/C=C/C(=O)Nc1cc(C=Cc2cc(OC)c(OC)c(OC)c2)cc(OC)c1OC. The minimum absolute atomic E-state index is 0.336. The Morgan fingerprint density at radius 3 is 1.68 bits per heavy atom. The smallest absolute Gasteiger partial charge is 0.248 e. The van der Waals surface area contributed by atoms with E-state index in [1.807, 2.05) is 54.6 Å². The summed E-state index contributed by atoms with van der Waals surface area (Å²) >= 11 is 0. The quantitative estimate of drug-likeness (QED) is 0.270. The van der Waals surface area contributed by atoms with Gasteiger partial charge in [0.25, 0.3) is 0 Å². The van der Waals surface area contributed by atoms with Crippen molar-refractivity contribution in [3.05, 3.63) is 71.3 Å². The van der Waals surface area contributed by atoms with Crippen molar-refractivity contribution < 1.29 is 33.2 Å². The summed E-state index contributed by atoms with van der Waals surface area (Å²) in [5.74, 6) is 2.82. The number of benzene rings is 3. The Morgan fingerprint density at radius 1 is 0.622 bits per heavy atom. The maximum Gasteiger partial charge on any atom is 0.248 e. The zero-order valence-corrected chi connectivity index (χ0v) is 21.8. The van der Waals surface area contributed by atoms with Gasteiger partial charge >= 0.3 is 0 Å². The molecule has 3 rings (SSSR count). The van der Waals surface area contributed by atoms with Crippen LogP contribution in [0.4, 0.5) is 5.69 Å². The van der Waals surface area contributed by atoms with E-state index in [-0.39, 0.29) is 5.91 Å². The molecule has 1 N–H and O–H groups in total. The monoisotopic (exact) mass is 505 g/mol. The number of anilines is 1. The van der Waals surface area contributed by atoms with E-state index in [0.717, 1.165) is 16.7 Å². The Morgan fingerprint density at radius 2 is 1.14 bits per heavy atom. The van der Waals surface area contributed by atoms with Crippen molar-refractivity contribution in [1.82, 2.24) is 0 Å². The Bertz CT molecular complexity index is 1270. The van der Waals surface area contributed by atoms with E-state index in [9.17, 15) is 4.79 Å². The predicted octanol–water partition coefficient (Wildman–Crippen LogP) is 5.56. The number of carbonyl (C=O) groups is 1. The zero-order valence-electron chi connectivity index (χ0n) is 21.8. The predicted molar refractivity (Wildman–Crippen MR) is 145 cm³/mol. The van der Waals surface area contributed by atoms with Gasteiger partial charge in [0.2, 0.25) is 11.7 Å². The highest BCUT2D eigenvalue weighted by molar-refractivity contribution is 6.03. The molecule has 0 radical (unpaired) electrons. The third-order valence-electron chi connectivity index (χ3n) is 5.47. The molecule has 0 bridgehead atoms.